The molecule has 0 fully saturated rings. The molecule has 1 aromatic carbocycles. The van der Waals surface area contributed by atoms with Gasteiger partial charge in [0.05, 0.1) is 21.5 Å². The van der Waals surface area contributed by atoms with Crippen molar-refractivity contribution in [2.45, 2.75) is 45.4 Å². The highest BCUT2D eigenvalue weighted by Gasteiger charge is 2.26. The highest BCUT2D eigenvalue weighted by molar-refractivity contribution is 5.91. The maximum Gasteiger partial charge on any atom is 0.336 e. The topological polar surface area (TPSA) is 124 Å². The molecule has 0 amide bonds. The fourth-order valence-corrected chi connectivity index (χ4v) is 2.27. The number of aromatic carboxylic acids is 1. The van der Waals surface area contributed by atoms with Gasteiger partial charge < -0.3 is 5.11 Å². The van der Waals surface area contributed by atoms with Gasteiger partial charge in [0, 0.05) is 11.6 Å². The summed E-state index contributed by atoms with van der Waals surface area (Å²) in [5.41, 5.74) is -1.39. The summed E-state index contributed by atoms with van der Waals surface area (Å²) < 4.78 is 0. The standard InChI is InChI=1S/C14H18N2O6/c1-2-3-4-5-6-7-11-12(14(17)18)8-10(15(19)20)9-13(11)16(21)22/h8-9H,2-7H2,1H3,(H,17,18). The van der Waals surface area contributed by atoms with Crippen LogP contribution in [0.4, 0.5) is 11.4 Å². The van der Waals surface area contributed by atoms with E-state index in [1.165, 1.54) is 0 Å². The first-order valence-corrected chi connectivity index (χ1v) is 7.07. The summed E-state index contributed by atoms with van der Waals surface area (Å²) in [6, 6.07) is 1.71. The van der Waals surface area contributed by atoms with Crippen molar-refractivity contribution < 1.29 is 19.7 Å². The number of nitro benzene ring substituents is 2. The van der Waals surface area contributed by atoms with Gasteiger partial charge in [0.25, 0.3) is 11.4 Å². The summed E-state index contributed by atoms with van der Waals surface area (Å²) in [5, 5.41) is 31.1. The molecule has 0 radical (unpaired) electrons. The highest BCUT2D eigenvalue weighted by atomic mass is 16.6. The minimum absolute atomic E-state index is 0.0552. The lowest BCUT2D eigenvalue weighted by atomic mass is 9.98. The molecule has 8 nitrogen and oxygen atoms in total. The zero-order valence-electron chi connectivity index (χ0n) is 12.3. The molecule has 0 atom stereocenters. The van der Waals surface area contributed by atoms with Gasteiger partial charge in [-0.25, -0.2) is 4.79 Å². The average molecular weight is 310 g/mol. The van der Waals surface area contributed by atoms with Crippen LogP contribution in [0.5, 0.6) is 0 Å². The molecule has 1 N–H and O–H groups in total. The summed E-state index contributed by atoms with van der Waals surface area (Å²) >= 11 is 0. The molecular weight excluding hydrogens is 292 g/mol. The Morgan fingerprint density at radius 3 is 2.23 bits per heavy atom. The van der Waals surface area contributed by atoms with E-state index in [1.807, 2.05) is 0 Å². The fraction of sp³-hybridized carbons (Fsp3) is 0.500. The lowest BCUT2D eigenvalue weighted by Gasteiger charge is -2.07. The molecule has 0 saturated heterocycles. The number of carboxylic acids is 1. The van der Waals surface area contributed by atoms with Crippen LogP contribution in [0.15, 0.2) is 12.1 Å². The Labute approximate surface area is 127 Å². The predicted octanol–water partition coefficient (Wildman–Crippen LogP) is 3.71. The summed E-state index contributed by atoms with van der Waals surface area (Å²) in [6.07, 6.45) is 4.74. The summed E-state index contributed by atoms with van der Waals surface area (Å²) in [4.78, 5) is 31.6. The normalized spacial score (nSPS) is 10.4. The first-order valence-electron chi connectivity index (χ1n) is 7.07. The van der Waals surface area contributed by atoms with Gasteiger partial charge in [0.15, 0.2) is 0 Å². The van der Waals surface area contributed by atoms with Gasteiger partial charge in [-0.15, -0.1) is 0 Å². The number of carboxylic acid groups (broad SMARTS) is 1. The summed E-state index contributed by atoms with van der Waals surface area (Å²) in [5.74, 6) is -1.39. The van der Waals surface area contributed by atoms with Gasteiger partial charge in [-0.05, 0) is 12.8 Å². The molecule has 1 aromatic rings. The smallest absolute Gasteiger partial charge is 0.336 e. The maximum absolute atomic E-state index is 11.3. The Morgan fingerprint density at radius 1 is 1.09 bits per heavy atom. The number of hydrogen-bond acceptors (Lipinski definition) is 5. The molecular formula is C14H18N2O6. The molecule has 0 aromatic heterocycles. The van der Waals surface area contributed by atoms with Gasteiger partial charge in [-0.2, -0.15) is 0 Å². The van der Waals surface area contributed by atoms with Crippen LogP contribution in [0.3, 0.4) is 0 Å². The Morgan fingerprint density at radius 2 is 1.73 bits per heavy atom. The van der Waals surface area contributed by atoms with Crippen LogP contribution in [-0.2, 0) is 6.42 Å². The maximum atomic E-state index is 11.3. The molecule has 8 heteroatoms. The van der Waals surface area contributed by atoms with E-state index in [4.69, 9.17) is 0 Å². The van der Waals surface area contributed by atoms with Crippen molar-refractivity contribution in [3.05, 3.63) is 43.5 Å². The van der Waals surface area contributed by atoms with Gasteiger partial charge >= 0.3 is 5.97 Å². The molecule has 0 saturated carbocycles. The number of hydrogen-bond donors (Lipinski definition) is 1. The van der Waals surface area contributed by atoms with E-state index < -0.39 is 27.2 Å². The van der Waals surface area contributed by atoms with E-state index in [2.05, 4.69) is 6.92 Å². The lowest BCUT2D eigenvalue weighted by Crippen LogP contribution is -2.08. The molecule has 0 aliphatic carbocycles. The van der Waals surface area contributed by atoms with Crippen molar-refractivity contribution >= 4 is 17.3 Å². The second kappa shape index (κ2) is 8.06. The predicted molar refractivity (Wildman–Crippen MR) is 79.2 cm³/mol. The fourth-order valence-electron chi connectivity index (χ4n) is 2.27. The van der Waals surface area contributed by atoms with E-state index in [-0.39, 0.29) is 17.5 Å². The van der Waals surface area contributed by atoms with Crippen LogP contribution in [0.2, 0.25) is 0 Å². The Bertz CT molecular complexity index is 550. The van der Waals surface area contributed by atoms with Crippen molar-refractivity contribution in [2.75, 3.05) is 0 Å². The van der Waals surface area contributed by atoms with E-state index >= 15 is 0 Å². The molecule has 22 heavy (non-hydrogen) atoms. The monoisotopic (exact) mass is 310 g/mol. The van der Waals surface area contributed by atoms with Crippen LogP contribution < -0.4 is 0 Å². The Balaban J connectivity index is 3.13. The van der Waals surface area contributed by atoms with Crippen LogP contribution in [0.1, 0.15) is 54.9 Å². The molecule has 0 spiro atoms. The minimum Gasteiger partial charge on any atom is -0.478 e. The molecule has 0 aliphatic rings. The van der Waals surface area contributed by atoms with Crippen LogP contribution in [0, 0.1) is 20.2 Å². The van der Waals surface area contributed by atoms with E-state index in [0.29, 0.717) is 6.42 Å². The first-order chi connectivity index (χ1) is 10.4. The molecule has 0 unspecified atom stereocenters. The molecule has 0 bridgehead atoms. The third kappa shape index (κ3) is 4.51. The molecule has 120 valence electrons. The quantitative estimate of drug-likeness (QED) is 0.421. The van der Waals surface area contributed by atoms with Crippen molar-refractivity contribution in [2.24, 2.45) is 0 Å². The van der Waals surface area contributed by atoms with Gasteiger partial charge in [-0.3, -0.25) is 20.2 Å². The van der Waals surface area contributed by atoms with Crippen molar-refractivity contribution in [3.63, 3.8) is 0 Å². The van der Waals surface area contributed by atoms with E-state index in [9.17, 15) is 30.1 Å². The average Bonchev–Trinajstić information content (AvgIpc) is 2.45. The second-order valence-electron chi connectivity index (χ2n) is 4.97. The number of benzene rings is 1. The SMILES string of the molecule is CCCCCCCc1c(C(=O)O)cc([N+](=O)[O-])cc1[N+](=O)[O-]. The molecule has 1 rings (SSSR count). The third-order valence-corrected chi connectivity index (χ3v) is 3.38. The zero-order chi connectivity index (χ0) is 16.7. The number of nitrogens with zero attached hydrogens (tertiary/aromatic N) is 2. The van der Waals surface area contributed by atoms with Gasteiger partial charge in [-0.1, -0.05) is 32.6 Å². The highest BCUT2D eigenvalue weighted by Crippen LogP contribution is 2.30. The van der Waals surface area contributed by atoms with E-state index in [1.54, 1.807) is 0 Å². The van der Waals surface area contributed by atoms with Crippen LogP contribution in [0.25, 0.3) is 0 Å². The van der Waals surface area contributed by atoms with Crippen LogP contribution >= 0.6 is 0 Å². The zero-order valence-corrected chi connectivity index (χ0v) is 12.3. The number of non-ortho nitro benzene ring substituents is 1. The van der Waals surface area contributed by atoms with Crippen molar-refractivity contribution in [1.82, 2.24) is 0 Å². The lowest BCUT2D eigenvalue weighted by molar-refractivity contribution is -0.394. The molecule has 0 aliphatic heterocycles. The number of unbranched alkanes of at least 4 members (excludes halogenated alkanes) is 4. The van der Waals surface area contributed by atoms with Crippen LogP contribution in [-0.4, -0.2) is 20.9 Å². The number of carbonyl (C=O) groups is 1. The number of nitro groups is 2. The van der Waals surface area contributed by atoms with E-state index in [0.717, 1.165) is 37.8 Å². The Kier molecular flexibility index (Phi) is 6.43. The molecule has 0 heterocycles. The first kappa shape index (κ1) is 17.5. The van der Waals surface area contributed by atoms with Gasteiger partial charge in [0.1, 0.15) is 0 Å². The number of rotatable bonds is 9. The van der Waals surface area contributed by atoms with Crippen molar-refractivity contribution in [3.8, 4) is 0 Å². The summed E-state index contributed by atoms with van der Waals surface area (Å²) in [6.45, 7) is 2.06. The largest absolute Gasteiger partial charge is 0.478 e. The van der Waals surface area contributed by atoms with Crippen molar-refractivity contribution in [1.29, 1.82) is 0 Å². The third-order valence-electron chi connectivity index (χ3n) is 3.38. The summed E-state index contributed by atoms with van der Waals surface area (Å²) in [7, 11) is 0. The minimum atomic E-state index is -1.39. The second-order valence-corrected chi connectivity index (χ2v) is 4.97. The van der Waals surface area contributed by atoms with Gasteiger partial charge in [0.2, 0.25) is 0 Å². The Hall–Kier alpha value is -2.51.